The van der Waals surface area contributed by atoms with E-state index in [0.717, 1.165) is 38.1 Å². The molecule has 1 aromatic carbocycles. The fourth-order valence-electron chi connectivity index (χ4n) is 5.22. The Labute approximate surface area is 168 Å². The van der Waals surface area contributed by atoms with Crippen molar-refractivity contribution >= 4 is 11.7 Å². The van der Waals surface area contributed by atoms with E-state index in [1.165, 1.54) is 40.8 Å². The summed E-state index contributed by atoms with van der Waals surface area (Å²) < 4.78 is 11.9. The number of esters is 1. The Bertz CT molecular complexity index is 780. The van der Waals surface area contributed by atoms with Gasteiger partial charge in [-0.3, -0.25) is 4.79 Å². The minimum Gasteiger partial charge on any atom is -0.487 e. The van der Waals surface area contributed by atoms with Gasteiger partial charge in [0.05, 0.1) is 12.5 Å². The molecule has 5 heteroatoms. The molecule has 0 unspecified atom stereocenters. The maximum absolute atomic E-state index is 11.7. The van der Waals surface area contributed by atoms with Crippen molar-refractivity contribution < 1.29 is 19.4 Å². The smallest absolute Gasteiger partial charge is 0.308 e. The lowest BCUT2D eigenvalue weighted by Gasteiger charge is -2.29. The van der Waals surface area contributed by atoms with E-state index in [4.69, 9.17) is 9.47 Å². The number of aliphatic hydroxyl groups excluding tert-OH is 1. The summed E-state index contributed by atoms with van der Waals surface area (Å²) in [5, 5.41) is 9.92. The van der Waals surface area contributed by atoms with Crippen LogP contribution in [-0.2, 0) is 22.4 Å². The summed E-state index contributed by atoms with van der Waals surface area (Å²) in [6, 6.07) is 0. The first-order valence-electron chi connectivity index (χ1n) is 10.7. The first kappa shape index (κ1) is 19.6. The predicted octanol–water partition coefficient (Wildman–Crippen LogP) is 3.62. The van der Waals surface area contributed by atoms with Crippen molar-refractivity contribution in [3.8, 4) is 5.75 Å². The molecule has 154 valence electrons. The second-order valence-electron chi connectivity index (χ2n) is 9.36. The number of carbonyl (C=O) groups is 1. The fourth-order valence-corrected chi connectivity index (χ4v) is 5.22. The van der Waals surface area contributed by atoms with Crippen LogP contribution in [0.3, 0.4) is 0 Å². The second kappa shape index (κ2) is 7.25. The predicted molar refractivity (Wildman–Crippen MR) is 109 cm³/mol. The molecular formula is C23H33NO4. The molecule has 0 amide bonds. The van der Waals surface area contributed by atoms with Gasteiger partial charge in [0.15, 0.2) is 0 Å². The van der Waals surface area contributed by atoms with Gasteiger partial charge in [-0.2, -0.15) is 0 Å². The number of anilines is 1. The number of benzene rings is 1. The molecule has 3 heterocycles. The standard InChI is InChI=1S/C23H33NO4/c1-14-18(8-7-17-11-16(25)12-20(26)27-17)22-19(13-23(3,4)28-22)15(2)21(14)24-9-5-6-10-24/h16-17,25H,5-13H2,1-4H3/t16-,17-/m0/s1. The monoisotopic (exact) mass is 387 g/mol. The zero-order valence-corrected chi connectivity index (χ0v) is 17.6. The quantitative estimate of drug-likeness (QED) is 0.800. The van der Waals surface area contributed by atoms with Crippen LogP contribution in [0.25, 0.3) is 0 Å². The van der Waals surface area contributed by atoms with Crippen LogP contribution in [0, 0.1) is 13.8 Å². The van der Waals surface area contributed by atoms with Crippen LogP contribution in [0.4, 0.5) is 5.69 Å². The van der Waals surface area contributed by atoms with Crippen molar-refractivity contribution in [1.82, 2.24) is 0 Å². The highest BCUT2D eigenvalue weighted by molar-refractivity contribution is 5.71. The molecule has 3 aliphatic heterocycles. The van der Waals surface area contributed by atoms with Gasteiger partial charge in [-0.15, -0.1) is 0 Å². The third-order valence-corrected chi connectivity index (χ3v) is 6.52. The fraction of sp³-hybridized carbons (Fsp3) is 0.696. The Morgan fingerprint density at radius 1 is 1.18 bits per heavy atom. The Morgan fingerprint density at radius 3 is 2.57 bits per heavy atom. The van der Waals surface area contributed by atoms with Crippen molar-refractivity contribution in [2.45, 2.75) is 90.4 Å². The molecule has 2 fully saturated rings. The topological polar surface area (TPSA) is 59.0 Å². The van der Waals surface area contributed by atoms with Crippen LogP contribution in [0.5, 0.6) is 5.75 Å². The molecule has 0 aromatic heterocycles. The summed E-state index contributed by atoms with van der Waals surface area (Å²) >= 11 is 0. The first-order valence-corrected chi connectivity index (χ1v) is 10.7. The zero-order chi connectivity index (χ0) is 20.1. The summed E-state index contributed by atoms with van der Waals surface area (Å²) in [7, 11) is 0. The maximum Gasteiger partial charge on any atom is 0.308 e. The normalized spacial score (nSPS) is 26.2. The van der Waals surface area contributed by atoms with Crippen LogP contribution in [0.2, 0.25) is 0 Å². The van der Waals surface area contributed by atoms with Gasteiger partial charge < -0.3 is 19.5 Å². The van der Waals surface area contributed by atoms with E-state index in [1.54, 1.807) is 0 Å². The van der Waals surface area contributed by atoms with Crippen LogP contribution < -0.4 is 9.64 Å². The SMILES string of the molecule is Cc1c(CC[C@H]2C[C@H](O)CC(=O)O2)c2c(c(C)c1N1CCCC1)CC(C)(C)O2. The number of hydrogen-bond donors (Lipinski definition) is 1. The minimum absolute atomic E-state index is 0.117. The van der Waals surface area contributed by atoms with Gasteiger partial charge in [0.2, 0.25) is 0 Å². The molecule has 28 heavy (non-hydrogen) atoms. The molecule has 2 atom stereocenters. The molecule has 3 aliphatic rings. The average molecular weight is 388 g/mol. The molecular weight excluding hydrogens is 354 g/mol. The minimum atomic E-state index is -0.577. The number of cyclic esters (lactones) is 1. The Kier molecular flexibility index (Phi) is 5.07. The number of nitrogens with zero attached hydrogens (tertiary/aromatic N) is 1. The summed E-state index contributed by atoms with van der Waals surface area (Å²) in [5.74, 6) is 0.760. The van der Waals surface area contributed by atoms with Crippen LogP contribution >= 0.6 is 0 Å². The highest BCUT2D eigenvalue weighted by Crippen LogP contribution is 2.47. The molecule has 1 aromatic rings. The number of aliphatic hydroxyl groups is 1. The lowest BCUT2D eigenvalue weighted by Crippen LogP contribution is -2.33. The van der Waals surface area contributed by atoms with Crippen molar-refractivity contribution in [2.75, 3.05) is 18.0 Å². The van der Waals surface area contributed by atoms with E-state index in [-0.39, 0.29) is 24.1 Å². The molecule has 0 aliphatic carbocycles. The van der Waals surface area contributed by atoms with E-state index in [0.29, 0.717) is 6.42 Å². The van der Waals surface area contributed by atoms with E-state index in [9.17, 15) is 9.90 Å². The van der Waals surface area contributed by atoms with Crippen LogP contribution in [0.15, 0.2) is 0 Å². The van der Waals surface area contributed by atoms with Gasteiger partial charge in [0, 0.05) is 37.2 Å². The van der Waals surface area contributed by atoms with Crippen LogP contribution in [-0.4, -0.2) is 42.0 Å². The zero-order valence-electron chi connectivity index (χ0n) is 17.6. The Hall–Kier alpha value is -1.75. The molecule has 0 radical (unpaired) electrons. The molecule has 0 bridgehead atoms. The van der Waals surface area contributed by atoms with Gasteiger partial charge in [-0.05, 0) is 70.1 Å². The first-order chi connectivity index (χ1) is 13.2. The number of carbonyl (C=O) groups excluding carboxylic acids is 1. The maximum atomic E-state index is 11.7. The number of hydrogen-bond acceptors (Lipinski definition) is 5. The lowest BCUT2D eigenvalue weighted by atomic mass is 9.89. The molecule has 4 rings (SSSR count). The van der Waals surface area contributed by atoms with Crippen molar-refractivity contribution in [2.24, 2.45) is 0 Å². The van der Waals surface area contributed by atoms with E-state index >= 15 is 0 Å². The Balaban J connectivity index is 1.67. The molecule has 2 saturated heterocycles. The van der Waals surface area contributed by atoms with Crippen molar-refractivity contribution in [1.29, 1.82) is 0 Å². The lowest BCUT2D eigenvalue weighted by molar-refractivity contribution is -0.160. The number of ether oxygens (including phenoxy) is 2. The van der Waals surface area contributed by atoms with Gasteiger partial charge in [0.25, 0.3) is 0 Å². The van der Waals surface area contributed by atoms with E-state index in [1.807, 2.05) is 0 Å². The van der Waals surface area contributed by atoms with E-state index < -0.39 is 6.10 Å². The second-order valence-corrected chi connectivity index (χ2v) is 9.36. The van der Waals surface area contributed by atoms with Gasteiger partial charge in [-0.25, -0.2) is 0 Å². The molecule has 1 N–H and O–H groups in total. The summed E-state index contributed by atoms with van der Waals surface area (Å²) in [4.78, 5) is 14.2. The van der Waals surface area contributed by atoms with Gasteiger partial charge in [-0.1, -0.05) is 0 Å². The molecule has 5 nitrogen and oxygen atoms in total. The third-order valence-electron chi connectivity index (χ3n) is 6.52. The number of rotatable bonds is 4. The van der Waals surface area contributed by atoms with Gasteiger partial charge >= 0.3 is 5.97 Å². The summed E-state index contributed by atoms with van der Waals surface area (Å²) in [6.07, 6.45) is 4.82. The van der Waals surface area contributed by atoms with Crippen molar-refractivity contribution in [3.63, 3.8) is 0 Å². The summed E-state index contributed by atoms with van der Waals surface area (Å²) in [5.41, 5.74) is 6.46. The summed E-state index contributed by atoms with van der Waals surface area (Å²) in [6.45, 7) is 11.0. The third kappa shape index (κ3) is 3.61. The van der Waals surface area contributed by atoms with Gasteiger partial charge in [0.1, 0.15) is 17.5 Å². The van der Waals surface area contributed by atoms with E-state index in [2.05, 4.69) is 32.6 Å². The number of fused-ring (bicyclic) bond motifs is 1. The van der Waals surface area contributed by atoms with Crippen molar-refractivity contribution in [3.05, 3.63) is 22.3 Å². The highest BCUT2D eigenvalue weighted by atomic mass is 16.5. The highest BCUT2D eigenvalue weighted by Gasteiger charge is 2.37. The van der Waals surface area contributed by atoms with Crippen LogP contribution in [0.1, 0.15) is 68.2 Å². The average Bonchev–Trinajstić information content (AvgIpc) is 3.21. The Morgan fingerprint density at radius 2 is 1.89 bits per heavy atom. The largest absolute Gasteiger partial charge is 0.487 e. The molecule has 0 saturated carbocycles. The molecule has 0 spiro atoms.